The van der Waals surface area contributed by atoms with Gasteiger partial charge in [0.25, 0.3) is 0 Å². The largest absolute Gasteiger partial charge is 0.337 e. The van der Waals surface area contributed by atoms with E-state index in [1.165, 1.54) is 6.33 Å². The highest BCUT2D eigenvalue weighted by Gasteiger charge is 2.33. The van der Waals surface area contributed by atoms with E-state index in [2.05, 4.69) is 28.4 Å². The second-order valence-electron chi connectivity index (χ2n) is 7.33. The normalized spacial score (nSPS) is 17.3. The van der Waals surface area contributed by atoms with Crippen LogP contribution in [0.15, 0.2) is 36.9 Å². The lowest BCUT2D eigenvalue weighted by Gasteiger charge is -2.33. The van der Waals surface area contributed by atoms with Crippen molar-refractivity contribution >= 4 is 5.91 Å². The molecule has 1 N–H and O–H groups in total. The summed E-state index contributed by atoms with van der Waals surface area (Å²) < 4.78 is 1.71. The molecule has 1 amide bonds. The molecule has 7 heteroatoms. The van der Waals surface area contributed by atoms with Crippen molar-refractivity contribution in [3.8, 4) is 11.8 Å². The molecular weight excluding hydrogens is 340 g/mol. The maximum Gasteiger partial charge on any atom is 0.235 e. The van der Waals surface area contributed by atoms with Crippen LogP contribution in [0.5, 0.6) is 0 Å². The lowest BCUT2D eigenvalue weighted by molar-refractivity contribution is -0.124. The number of carbonyl (C=O) groups is 1. The number of benzene rings is 1. The minimum absolute atomic E-state index is 0.0740. The van der Waals surface area contributed by atoms with Crippen molar-refractivity contribution in [3.05, 3.63) is 42.5 Å². The summed E-state index contributed by atoms with van der Waals surface area (Å²) >= 11 is 0. The van der Waals surface area contributed by atoms with Crippen molar-refractivity contribution in [3.63, 3.8) is 0 Å². The van der Waals surface area contributed by atoms with E-state index < -0.39 is 5.54 Å². The number of rotatable bonds is 6. The first-order valence-corrected chi connectivity index (χ1v) is 9.40. The number of hydrogen-bond donors (Lipinski definition) is 1. The van der Waals surface area contributed by atoms with Crippen LogP contribution in [0.1, 0.15) is 50.6 Å². The molecule has 1 aliphatic carbocycles. The molecule has 27 heavy (non-hydrogen) atoms. The first-order chi connectivity index (χ1) is 13.0. The van der Waals surface area contributed by atoms with Crippen LogP contribution in [0.25, 0.3) is 5.69 Å². The van der Waals surface area contributed by atoms with Gasteiger partial charge < -0.3 is 5.32 Å². The average Bonchev–Trinajstić information content (AvgIpc) is 3.23. The molecule has 0 radical (unpaired) electrons. The summed E-state index contributed by atoms with van der Waals surface area (Å²) in [6, 6.07) is 10.5. The molecule has 7 nitrogen and oxygen atoms in total. The number of aromatic nitrogens is 3. The minimum Gasteiger partial charge on any atom is -0.337 e. The number of nitriles is 1. The topological polar surface area (TPSA) is 86.8 Å². The van der Waals surface area contributed by atoms with Gasteiger partial charge in [-0.05, 0) is 44.5 Å². The molecule has 0 aliphatic heterocycles. The third-order valence-corrected chi connectivity index (χ3v) is 5.41. The maximum absolute atomic E-state index is 12.5. The smallest absolute Gasteiger partial charge is 0.235 e. The molecule has 1 saturated carbocycles. The Bertz CT molecular complexity index is 787. The Morgan fingerprint density at radius 3 is 2.63 bits per heavy atom. The number of nitrogens with one attached hydrogen (secondary N) is 1. The zero-order valence-electron chi connectivity index (χ0n) is 15.9. The Balaban J connectivity index is 1.59. The average molecular weight is 366 g/mol. The van der Waals surface area contributed by atoms with Crippen LogP contribution in [0, 0.1) is 11.3 Å². The van der Waals surface area contributed by atoms with Gasteiger partial charge in [0.15, 0.2) is 0 Å². The fraction of sp³-hybridized carbons (Fsp3) is 0.500. The van der Waals surface area contributed by atoms with Crippen LogP contribution < -0.4 is 5.32 Å². The predicted molar refractivity (Wildman–Crippen MR) is 102 cm³/mol. The predicted octanol–water partition coefficient (Wildman–Crippen LogP) is 2.60. The highest BCUT2D eigenvalue weighted by Crippen LogP contribution is 2.27. The van der Waals surface area contributed by atoms with E-state index in [0.29, 0.717) is 0 Å². The van der Waals surface area contributed by atoms with E-state index >= 15 is 0 Å². The van der Waals surface area contributed by atoms with Gasteiger partial charge in [-0.2, -0.15) is 10.4 Å². The van der Waals surface area contributed by atoms with Crippen LogP contribution in [0.3, 0.4) is 0 Å². The third-order valence-electron chi connectivity index (χ3n) is 5.41. The van der Waals surface area contributed by atoms with E-state index in [4.69, 9.17) is 0 Å². The van der Waals surface area contributed by atoms with E-state index in [9.17, 15) is 10.1 Å². The molecule has 1 atom stereocenters. The van der Waals surface area contributed by atoms with Gasteiger partial charge in [0.1, 0.15) is 18.2 Å². The number of nitrogens with zero attached hydrogens (tertiary/aromatic N) is 5. The minimum atomic E-state index is -0.682. The number of likely N-dealkylation sites (N-methyl/N-ethyl adjacent to an activating group) is 1. The fourth-order valence-electron chi connectivity index (χ4n) is 3.59. The van der Waals surface area contributed by atoms with Gasteiger partial charge in [0.05, 0.1) is 18.3 Å². The second-order valence-corrected chi connectivity index (χ2v) is 7.33. The van der Waals surface area contributed by atoms with Crippen molar-refractivity contribution in [2.24, 2.45) is 0 Å². The Morgan fingerprint density at radius 1 is 1.33 bits per heavy atom. The van der Waals surface area contributed by atoms with Gasteiger partial charge in [-0.3, -0.25) is 9.69 Å². The Labute approximate surface area is 160 Å². The molecule has 1 aromatic heterocycles. The van der Waals surface area contributed by atoms with Crippen molar-refractivity contribution in [1.82, 2.24) is 25.0 Å². The molecule has 0 bridgehead atoms. The van der Waals surface area contributed by atoms with E-state index in [1.54, 1.807) is 11.0 Å². The van der Waals surface area contributed by atoms with Crippen LogP contribution >= 0.6 is 0 Å². The van der Waals surface area contributed by atoms with Crippen molar-refractivity contribution in [2.45, 2.75) is 50.6 Å². The summed E-state index contributed by atoms with van der Waals surface area (Å²) in [6.07, 6.45) is 7.79. The standard InChI is InChI=1S/C20H26N6O/c1-16(17-6-8-18(9-7-17)26-15-22-14-23-26)25(2)12-19(27)24-20(13-21)10-4-3-5-11-20/h6-9,14-16H,3-5,10-12H2,1-2H3,(H,24,27). The quantitative estimate of drug-likeness (QED) is 0.849. The molecule has 0 saturated heterocycles. The van der Waals surface area contributed by atoms with Crippen molar-refractivity contribution in [1.29, 1.82) is 5.26 Å². The van der Waals surface area contributed by atoms with Crippen molar-refractivity contribution < 1.29 is 4.79 Å². The fourth-order valence-corrected chi connectivity index (χ4v) is 3.59. The molecule has 1 aromatic carbocycles. The van der Waals surface area contributed by atoms with Gasteiger partial charge in [-0.25, -0.2) is 9.67 Å². The van der Waals surface area contributed by atoms with Crippen LogP contribution in [-0.2, 0) is 4.79 Å². The Morgan fingerprint density at radius 2 is 2.04 bits per heavy atom. The Kier molecular flexibility index (Phi) is 5.87. The number of carbonyl (C=O) groups excluding carboxylic acids is 1. The molecule has 1 aliphatic rings. The van der Waals surface area contributed by atoms with Gasteiger partial charge in [0.2, 0.25) is 5.91 Å². The lowest BCUT2D eigenvalue weighted by atomic mass is 9.83. The first kappa shape index (κ1) is 19.1. The van der Waals surface area contributed by atoms with Crippen molar-refractivity contribution in [2.75, 3.05) is 13.6 Å². The van der Waals surface area contributed by atoms with Gasteiger partial charge in [-0.1, -0.05) is 31.4 Å². The maximum atomic E-state index is 12.5. The van der Waals surface area contributed by atoms with Gasteiger partial charge in [0, 0.05) is 6.04 Å². The lowest BCUT2D eigenvalue weighted by Crippen LogP contribution is -2.51. The highest BCUT2D eigenvalue weighted by molar-refractivity contribution is 5.79. The monoisotopic (exact) mass is 366 g/mol. The van der Waals surface area contributed by atoms with Gasteiger partial charge in [-0.15, -0.1) is 0 Å². The molecule has 0 spiro atoms. The summed E-state index contributed by atoms with van der Waals surface area (Å²) in [6.45, 7) is 2.33. The van der Waals surface area contributed by atoms with Crippen LogP contribution in [-0.4, -0.2) is 44.7 Å². The highest BCUT2D eigenvalue weighted by atomic mass is 16.2. The molecular formula is C20H26N6O. The summed E-state index contributed by atoms with van der Waals surface area (Å²) in [5.74, 6) is -0.0907. The summed E-state index contributed by atoms with van der Waals surface area (Å²) in [5.41, 5.74) is 1.37. The molecule has 1 heterocycles. The number of amides is 1. The zero-order chi connectivity index (χ0) is 19.3. The van der Waals surface area contributed by atoms with Crippen LogP contribution in [0.4, 0.5) is 0 Å². The molecule has 1 unspecified atom stereocenters. The van der Waals surface area contributed by atoms with E-state index in [-0.39, 0.29) is 18.5 Å². The third kappa shape index (κ3) is 4.52. The summed E-state index contributed by atoms with van der Waals surface area (Å²) in [5, 5.41) is 16.6. The second kappa shape index (κ2) is 8.31. The molecule has 142 valence electrons. The first-order valence-electron chi connectivity index (χ1n) is 9.40. The van der Waals surface area contributed by atoms with Gasteiger partial charge >= 0.3 is 0 Å². The zero-order valence-corrected chi connectivity index (χ0v) is 15.9. The SMILES string of the molecule is CC(c1ccc(-n2cncn2)cc1)N(C)CC(=O)NC1(C#N)CCCCC1. The van der Waals surface area contributed by atoms with Crippen LogP contribution in [0.2, 0.25) is 0 Å². The Hall–Kier alpha value is -2.72. The van der Waals surface area contributed by atoms with E-state index in [0.717, 1.165) is 43.4 Å². The van der Waals surface area contributed by atoms with E-state index in [1.807, 2.05) is 36.2 Å². The summed E-state index contributed by atoms with van der Waals surface area (Å²) in [7, 11) is 1.93. The summed E-state index contributed by atoms with van der Waals surface area (Å²) in [4.78, 5) is 18.5. The number of hydrogen-bond acceptors (Lipinski definition) is 5. The molecule has 3 rings (SSSR count). The molecule has 2 aromatic rings. The molecule has 1 fully saturated rings.